The Morgan fingerprint density at radius 2 is 1.84 bits per heavy atom. The van der Waals surface area contributed by atoms with Gasteiger partial charge in [-0.3, -0.25) is 9.59 Å². The minimum Gasteiger partial charge on any atom is -0.478 e. The number of fused-ring (bicyclic) bond motifs is 2. The van der Waals surface area contributed by atoms with Crippen LogP contribution in [-0.2, 0) is 14.3 Å². The number of likely N-dealkylation sites (N-methyl/N-ethyl adjacent to an activating group) is 1. The van der Waals surface area contributed by atoms with E-state index in [1.165, 1.54) is 36.2 Å². The summed E-state index contributed by atoms with van der Waals surface area (Å²) < 4.78 is 47.5. The van der Waals surface area contributed by atoms with Crippen LogP contribution in [0.1, 0.15) is 10.4 Å². The standard InChI is InChI=1S/C21H19F3N6O6S/c1-30-13-6-3-9(15(31)32)7-12(13)28-20(30,19(35-2,16(25)33)17(26)34)29-18-27-11-5-4-10(8-14(11)37-18)36-21(22,23)24/h3-8,28H,1-2H3,(H2,25,33)(H2,26,34)(H,27,29)(H,31,32). The lowest BCUT2D eigenvalue weighted by Gasteiger charge is -2.47. The van der Waals surface area contributed by atoms with Gasteiger partial charge < -0.3 is 41.6 Å². The maximum Gasteiger partial charge on any atom is 0.573 e. The number of amides is 2. The lowest BCUT2D eigenvalue weighted by molar-refractivity contribution is -0.274. The van der Waals surface area contributed by atoms with Crippen LogP contribution in [0, 0.1) is 0 Å². The van der Waals surface area contributed by atoms with E-state index in [9.17, 15) is 32.7 Å². The Hall–Kier alpha value is -4.31. The Bertz CT molecular complexity index is 1420. The van der Waals surface area contributed by atoms with E-state index in [2.05, 4.69) is 20.4 Å². The second-order valence-corrected chi connectivity index (χ2v) is 8.90. The molecule has 1 atom stereocenters. The molecule has 7 N–H and O–H groups in total. The van der Waals surface area contributed by atoms with Crippen LogP contribution in [0.3, 0.4) is 0 Å². The van der Waals surface area contributed by atoms with Crippen molar-refractivity contribution in [1.82, 2.24) is 4.98 Å². The SMILES string of the molecule is COC(C(N)=O)(C(N)=O)C1(Nc2nc3ccc(OC(F)(F)F)cc3s2)Nc2cc(C(=O)O)ccc2N1C. The number of hydrogen-bond acceptors (Lipinski definition) is 10. The first-order chi connectivity index (χ1) is 17.2. The number of carbonyl (C=O) groups is 3. The molecule has 0 saturated carbocycles. The number of ether oxygens (including phenoxy) is 2. The van der Waals surface area contributed by atoms with Gasteiger partial charge in [0.05, 0.1) is 27.2 Å². The maximum absolute atomic E-state index is 12.8. The second-order valence-electron chi connectivity index (χ2n) is 7.87. The molecule has 1 aromatic heterocycles. The molecule has 0 aliphatic carbocycles. The van der Waals surface area contributed by atoms with Gasteiger partial charge in [0.1, 0.15) is 5.75 Å². The molecular weight excluding hydrogens is 521 g/mol. The highest BCUT2D eigenvalue weighted by molar-refractivity contribution is 7.22. The summed E-state index contributed by atoms with van der Waals surface area (Å²) in [5, 5.41) is 15.2. The number of halogens is 3. The Balaban J connectivity index is 1.86. The van der Waals surface area contributed by atoms with Crippen LogP contribution in [0.4, 0.5) is 29.7 Å². The van der Waals surface area contributed by atoms with Crippen molar-refractivity contribution < 1.29 is 42.1 Å². The largest absolute Gasteiger partial charge is 0.573 e. The number of carboxylic acids is 1. The highest BCUT2D eigenvalue weighted by Gasteiger charge is 2.67. The Kier molecular flexibility index (Phi) is 6.04. The predicted octanol–water partition coefficient (Wildman–Crippen LogP) is 1.88. The third-order valence-corrected chi connectivity index (χ3v) is 6.75. The van der Waals surface area contributed by atoms with Crippen LogP contribution >= 0.6 is 11.3 Å². The number of primary amides is 2. The smallest absolute Gasteiger partial charge is 0.478 e. The quantitative estimate of drug-likeness (QED) is 0.265. The Morgan fingerprint density at radius 1 is 1.16 bits per heavy atom. The number of carbonyl (C=O) groups excluding carboxylic acids is 2. The lowest BCUT2D eigenvalue weighted by atomic mass is 9.91. The molecule has 0 fully saturated rings. The fourth-order valence-corrected chi connectivity index (χ4v) is 5.13. The number of nitrogens with one attached hydrogen (secondary N) is 2. The summed E-state index contributed by atoms with van der Waals surface area (Å²) in [5.74, 6) is -6.37. The van der Waals surface area contributed by atoms with E-state index in [-0.39, 0.29) is 26.6 Å². The third-order valence-electron chi connectivity index (χ3n) is 5.81. The summed E-state index contributed by atoms with van der Waals surface area (Å²) in [7, 11) is 2.48. The molecule has 0 saturated heterocycles. The summed E-state index contributed by atoms with van der Waals surface area (Å²) in [6.07, 6.45) is -4.90. The van der Waals surface area contributed by atoms with Gasteiger partial charge in [0.25, 0.3) is 17.4 Å². The summed E-state index contributed by atoms with van der Waals surface area (Å²) >= 11 is 0.872. The van der Waals surface area contributed by atoms with Gasteiger partial charge in [-0.15, -0.1) is 13.2 Å². The Labute approximate surface area is 209 Å². The van der Waals surface area contributed by atoms with E-state index >= 15 is 0 Å². The molecular formula is C21H19F3N6O6S. The molecule has 16 heteroatoms. The molecule has 1 aliphatic rings. The molecule has 0 spiro atoms. The van der Waals surface area contributed by atoms with Crippen LogP contribution in [0.15, 0.2) is 36.4 Å². The van der Waals surface area contributed by atoms with Gasteiger partial charge in [-0.25, -0.2) is 9.78 Å². The normalized spacial score (nSPS) is 17.3. The van der Waals surface area contributed by atoms with Gasteiger partial charge in [0.2, 0.25) is 5.79 Å². The number of nitrogens with zero attached hydrogens (tertiary/aromatic N) is 2. The molecule has 196 valence electrons. The van der Waals surface area contributed by atoms with E-state index in [1.807, 2.05) is 0 Å². The number of rotatable bonds is 8. The molecule has 2 amide bonds. The number of aromatic nitrogens is 1. The molecule has 4 rings (SSSR count). The fraction of sp³-hybridized carbons (Fsp3) is 0.238. The monoisotopic (exact) mass is 540 g/mol. The van der Waals surface area contributed by atoms with E-state index in [4.69, 9.17) is 16.2 Å². The van der Waals surface area contributed by atoms with Crippen molar-refractivity contribution >= 4 is 55.8 Å². The molecule has 3 aromatic rings. The number of alkyl halides is 3. The van der Waals surface area contributed by atoms with Crippen LogP contribution in [0.2, 0.25) is 0 Å². The van der Waals surface area contributed by atoms with Crippen molar-refractivity contribution in [3.8, 4) is 5.75 Å². The van der Waals surface area contributed by atoms with Crippen LogP contribution in [0.5, 0.6) is 5.75 Å². The highest BCUT2D eigenvalue weighted by Crippen LogP contribution is 2.46. The van der Waals surface area contributed by atoms with Crippen molar-refractivity contribution in [3.05, 3.63) is 42.0 Å². The zero-order valence-electron chi connectivity index (χ0n) is 19.0. The van der Waals surface area contributed by atoms with Crippen molar-refractivity contribution in [3.63, 3.8) is 0 Å². The van der Waals surface area contributed by atoms with Gasteiger partial charge in [0.15, 0.2) is 5.13 Å². The summed E-state index contributed by atoms with van der Waals surface area (Å²) in [6.45, 7) is 0. The van der Waals surface area contributed by atoms with Crippen LogP contribution in [-0.4, -0.2) is 59.8 Å². The number of benzene rings is 2. The highest BCUT2D eigenvalue weighted by atomic mass is 32.1. The molecule has 12 nitrogen and oxygen atoms in total. The molecule has 1 aliphatic heterocycles. The second kappa shape index (κ2) is 8.67. The molecule has 0 radical (unpaired) electrons. The van der Waals surface area contributed by atoms with Crippen molar-refractivity contribution in [1.29, 1.82) is 0 Å². The van der Waals surface area contributed by atoms with Gasteiger partial charge in [0, 0.05) is 20.2 Å². The van der Waals surface area contributed by atoms with E-state index in [0.29, 0.717) is 5.69 Å². The maximum atomic E-state index is 12.8. The van der Waals surface area contributed by atoms with Crippen molar-refractivity contribution in [2.24, 2.45) is 11.5 Å². The first kappa shape index (κ1) is 25.8. The molecule has 0 bridgehead atoms. The number of hydrogen-bond donors (Lipinski definition) is 5. The molecule has 2 aromatic carbocycles. The molecule has 37 heavy (non-hydrogen) atoms. The minimum atomic E-state index is -4.90. The fourth-order valence-electron chi connectivity index (χ4n) is 4.19. The molecule has 1 unspecified atom stereocenters. The zero-order valence-corrected chi connectivity index (χ0v) is 19.9. The van der Waals surface area contributed by atoms with Gasteiger partial charge in [-0.2, -0.15) is 0 Å². The van der Waals surface area contributed by atoms with Gasteiger partial charge in [-0.1, -0.05) is 11.3 Å². The van der Waals surface area contributed by atoms with Crippen LogP contribution < -0.4 is 31.7 Å². The van der Waals surface area contributed by atoms with Crippen LogP contribution in [0.25, 0.3) is 10.2 Å². The number of methoxy groups -OCH3 is 1. The van der Waals surface area contributed by atoms with E-state index in [0.717, 1.165) is 30.6 Å². The number of nitrogens with two attached hydrogens (primary N) is 2. The third kappa shape index (κ3) is 4.09. The average molecular weight is 540 g/mol. The topological polar surface area (TPSA) is 182 Å². The van der Waals surface area contributed by atoms with Crippen molar-refractivity contribution in [2.45, 2.75) is 17.8 Å². The van der Waals surface area contributed by atoms with Crippen molar-refractivity contribution in [2.75, 3.05) is 29.7 Å². The minimum absolute atomic E-state index is 0.0219. The van der Waals surface area contributed by atoms with E-state index < -0.39 is 41.3 Å². The average Bonchev–Trinajstić information content (AvgIpc) is 3.30. The zero-order chi connectivity index (χ0) is 27.3. The summed E-state index contributed by atoms with van der Waals surface area (Å²) in [4.78, 5) is 42.7. The number of anilines is 3. The number of aromatic carboxylic acids is 1. The number of carboxylic acid groups (broad SMARTS) is 1. The van der Waals surface area contributed by atoms with E-state index in [1.54, 1.807) is 0 Å². The molecule has 2 heterocycles. The van der Waals surface area contributed by atoms with Gasteiger partial charge >= 0.3 is 12.3 Å². The number of thiazole rings is 1. The summed E-state index contributed by atoms with van der Waals surface area (Å²) in [6, 6.07) is 7.47. The first-order valence-corrected chi connectivity index (χ1v) is 11.0. The first-order valence-electron chi connectivity index (χ1n) is 10.2. The Morgan fingerprint density at radius 3 is 2.41 bits per heavy atom. The lowest BCUT2D eigenvalue weighted by Crippen LogP contribution is -2.79. The summed E-state index contributed by atoms with van der Waals surface area (Å²) in [5.41, 5.74) is 9.33. The van der Waals surface area contributed by atoms with Gasteiger partial charge in [-0.05, 0) is 30.3 Å². The predicted molar refractivity (Wildman–Crippen MR) is 126 cm³/mol.